The van der Waals surface area contributed by atoms with Crippen LogP contribution in [0.5, 0.6) is 0 Å². The van der Waals surface area contributed by atoms with Crippen molar-refractivity contribution in [1.82, 2.24) is 5.32 Å². The monoisotopic (exact) mass is 417 g/mol. The first-order chi connectivity index (χ1) is 14.9. The van der Waals surface area contributed by atoms with Crippen LogP contribution >= 0.6 is 0 Å². The second-order valence-corrected chi connectivity index (χ2v) is 9.45. The number of nitrogens with zero attached hydrogens (tertiary/aromatic N) is 1. The van der Waals surface area contributed by atoms with Gasteiger partial charge in [0.1, 0.15) is 0 Å². The standard InChI is InChI=1S/C27H35N3O/c1-19(2)23-11-8-12-24(20(3)4)25(23)30-26(31)29-18-27(14-5-6-15-27)22-10-7-9-21(17-22)13-16-28/h7-12,17,19-20H,5-6,13-15,18H2,1-4H3,(H2,29,30,31). The molecular weight excluding hydrogens is 382 g/mol. The van der Waals surface area contributed by atoms with Gasteiger partial charge in [0.05, 0.1) is 12.5 Å². The number of amides is 2. The Kier molecular flexibility index (Phi) is 7.38. The van der Waals surface area contributed by atoms with Crippen molar-refractivity contribution in [1.29, 1.82) is 5.26 Å². The molecule has 1 fully saturated rings. The molecule has 0 aliphatic heterocycles. The molecule has 31 heavy (non-hydrogen) atoms. The molecule has 0 radical (unpaired) electrons. The molecule has 0 heterocycles. The second-order valence-electron chi connectivity index (χ2n) is 9.45. The summed E-state index contributed by atoms with van der Waals surface area (Å²) in [5.41, 5.74) is 5.51. The maximum atomic E-state index is 13.0. The summed E-state index contributed by atoms with van der Waals surface area (Å²) in [4.78, 5) is 13.0. The van der Waals surface area contributed by atoms with Gasteiger partial charge in [0.15, 0.2) is 0 Å². The number of carbonyl (C=O) groups excluding carboxylic acids is 1. The average molecular weight is 418 g/mol. The van der Waals surface area contributed by atoms with Gasteiger partial charge in [0.2, 0.25) is 0 Å². The van der Waals surface area contributed by atoms with Crippen LogP contribution in [0.3, 0.4) is 0 Å². The molecule has 1 saturated carbocycles. The summed E-state index contributed by atoms with van der Waals surface area (Å²) in [6.45, 7) is 9.23. The predicted molar refractivity (Wildman–Crippen MR) is 128 cm³/mol. The maximum Gasteiger partial charge on any atom is 0.319 e. The Morgan fingerprint density at radius 3 is 2.23 bits per heavy atom. The van der Waals surface area contributed by atoms with Gasteiger partial charge in [-0.2, -0.15) is 5.26 Å². The van der Waals surface area contributed by atoms with Crippen LogP contribution in [-0.2, 0) is 11.8 Å². The molecule has 0 unspecified atom stereocenters. The molecule has 0 aromatic heterocycles. The Bertz CT molecular complexity index is 923. The van der Waals surface area contributed by atoms with Crippen LogP contribution in [0.25, 0.3) is 0 Å². The van der Waals surface area contributed by atoms with Crippen LogP contribution in [0.2, 0.25) is 0 Å². The lowest BCUT2D eigenvalue weighted by Gasteiger charge is -2.30. The van der Waals surface area contributed by atoms with Gasteiger partial charge in [-0.15, -0.1) is 0 Å². The van der Waals surface area contributed by atoms with E-state index in [1.54, 1.807) is 0 Å². The molecule has 164 valence electrons. The van der Waals surface area contributed by atoms with E-state index in [1.807, 2.05) is 12.1 Å². The first-order valence-electron chi connectivity index (χ1n) is 11.5. The van der Waals surface area contributed by atoms with Gasteiger partial charge in [-0.1, -0.05) is 83.0 Å². The lowest BCUT2D eigenvalue weighted by molar-refractivity contribution is 0.248. The number of para-hydroxylation sites is 1. The molecule has 1 aliphatic rings. The highest BCUT2D eigenvalue weighted by atomic mass is 16.2. The summed E-state index contributed by atoms with van der Waals surface area (Å²) in [5.74, 6) is 0.663. The molecule has 4 heteroatoms. The largest absolute Gasteiger partial charge is 0.337 e. The minimum Gasteiger partial charge on any atom is -0.337 e. The van der Waals surface area contributed by atoms with E-state index in [2.05, 4.69) is 74.7 Å². The molecule has 0 saturated heterocycles. The smallest absolute Gasteiger partial charge is 0.319 e. The Morgan fingerprint density at radius 2 is 1.65 bits per heavy atom. The Balaban J connectivity index is 1.78. The first kappa shape index (κ1) is 22.9. The highest BCUT2D eigenvalue weighted by Crippen LogP contribution is 2.41. The minimum atomic E-state index is -0.144. The molecule has 0 atom stereocenters. The van der Waals surface area contributed by atoms with Crippen molar-refractivity contribution in [2.75, 3.05) is 11.9 Å². The lowest BCUT2D eigenvalue weighted by atomic mass is 9.78. The van der Waals surface area contributed by atoms with E-state index < -0.39 is 0 Å². The molecule has 0 bridgehead atoms. The summed E-state index contributed by atoms with van der Waals surface area (Å²) >= 11 is 0. The third-order valence-corrected chi connectivity index (χ3v) is 6.58. The third kappa shape index (κ3) is 5.28. The van der Waals surface area contributed by atoms with Crippen molar-refractivity contribution >= 4 is 11.7 Å². The Labute approximate surface area is 187 Å². The van der Waals surface area contributed by atoms with E-state index in [1.165, 1.54) is 29.5 Å². The van der Waals surface area contributed by atoms with Crippen LogP contribution in [0.4, 0.5) is 10.5 Å². The van der Waals surface area contributed by atoms with Crippen LogP contribution in [0.1, 0.15) is 87.5 Å². The van der Waals surface area contributed by atoms with Gasteiger partial charge in [-0.05, 0) is 46.9 Å². The van der Waals surface area contributed by atoms with Crippen LogP contribution in [-0.4, -0.2) is 12.6 Å². The number of carbonyl (C=O) groups is 1. The molecule has 1 aliphatic carbocycles. The van der Waals surface area contributed by atoms with E-state index in [0.29, 0.717) is 24.8 Å². The van der Waals surface area contributed by atoms with Crippen molar-refractivity contribution in [2.45, 2.75) is 77.0 Å². The number of rotatable bonds is 7. The Morgan fingerprint density at radius 1 is 1.03 bits per heavy atom. The zero-order valence-corrected chi connectivity index (χ0v) is 19.3. The number of hydrogen-bond acceptors (Lipinski definition) is 2. The number of anilines is 1. The van der Waals surface area contributed by atoms with E-state index in [9.17, 15) is 4.79 Å². The molecule has 2 N–H and O–H groups in total. The molecule has 2 aromatic carbocycles. The summed E-state index contributed by atoms with van der Waals surface area (Å²) < 4.78 is 0. The van der Waals surface area contributed by atoms with E-state index in [-0.39, 0.29) is 11.4 Å². The maximum absolute atomic E-state index is 13.0. The van der Waals surface area contributed by atoms with Gasteiger partial charge in [-0.25, -0.2) is 4.79 Å². The number of benzene rings is 2. The zero-order valence-electron chi connectivity index (χ0n) is 19.3. The zero-order chi connectivity index (χ0) is 22.4. The molecule has 2 aromatic rings. The van der Waals surface area contributed by atoms with Gasteiger partial charge in [-0.3, -0.25) is 0 Å². The average Bonchev–Trinajstić information content (AvgIpc) is 3.23. The van der Waals surface area contributed by atoms with Crippen molar-refractivity contribution in [3.05, 3.63) is 64.7 Å². The van der Waals surface area contributed by atoms with Gasteiger partial charge >= 0.3 is 6.03 Å². The lowest BCUT2D eigenvalue weighted by Crippen LogP contribution is -2.41. The molecule has 4 nitrogen and oxygen atoms in total. The fraction of sp³-hybridized carbons (Fsp3) is 0.481. The number of urea groups is 1. The SMILES string of the molecule is CC(C)c1cccc(C(C)C)c1NC(=O)NCC1(c2cccc(CC#N)c2)CCCC1. The molecular formula is C27H35N3O. The highest BCUT2D eigenvalue weighted by Gasteiger charge is 2.36. The van der Waals surface area contributed by atoms with Crippen molar-refractivity contribution in [2.24, 2.45) is 0 Å². The second kappa shape index (κ2) is 10.0. The van der Waals surface area contributed by atoms with Crippen LogP contribution in [0, 0.1) is 11.3 Å². The third-order valence-electron chi connectivity index (χ3n) is 6.58. The number of hydrogen-bond donors (Lipinski definition) is 2. The van der Waals surface area contributed by atoms with Crippen molar-refractivity contribution in [3.8, 4) is 6.07 Å². The van der Waals surface area contributed by atoms with Crippen LogP contribution in [0.15, 0.2) is 42.5 Å². The molecule has 0 spiro atoms. The molecule has 3 rings (SSSR count). The summed E-state index contributed by atoms with van der Waals surface area (Å²) in [7, 11) is 0. The van der Waals surface area contributed by atoms with Gasteiger partial charge in [0.25, 0.3) is 0 Å². The molecule has 2 amide bonds. The predicted octanol–water partition coefficient (Wildman–Crippen LogP) is 6.63. The summed E-state index contributed by atoms with van der Waals surface area (Å²) in [6, 6.07) is 16.7. The van der Waals surface area contributed by atoms with Crippen LogP contribution < -0.4 is 10.6 Å². The first-order valence-corrected chi connectivity index (χ1v) is 11.5. The number of nitrogens with one attached hydrogen (secondary N) is 2. The van der Waals surface area contributed by atoms with E-state index in [4.69, 9.17) is 5.26 Å². The van der Waals surface area contributed by atoms with Gasteiger partial charge < -0.3 is 10.6 Å². The fourth-order valence-corrected chi connectivity index (χ4v) is 4.82. The Hall–Kier alpha value is -2.80. The van der Waals surface area contributed by atoms with E-state index in [0.717, 1.165) is 24.1 Å². The minimum absolute atomic E-state index is 0.0543. The van der Waals surface area contributed by atoms with Crippen molar-refractivity contribution < 1.29 is 4.79 Å². The topological polar surface area (TPSA) is 64.9 Å². The summed E-state index contributed by atoms with van der Waals surface area (Å²) in [5, 5.41) is 15.4. The number of nitriles is 1. The van der Waals surface area contributed by atoms with Crippen molar-refractivity contribution in [3.63, 3.8) is 0 Å². The highest BCUT2D eigenvalue weighted by molar-refractivity contribution is 5.91. The normalized spacial score (nSPS) is 15.1. The van der Waals surface area contributed by atoms with E-state index >= 15 is 0 Å². The quantitative estimate of drug-likeness (QED) is 0.531. The fourth-order valence-electron chi connectivity index (χ4n) is 4.82. The summed E-state index contributed by atoms with van der Waals surface area (Å²) in [6.07, 6.45) is 4.87. The van der Waals surface area contributed by atoms with Gasteiger partial charge in [0, 0.05) is 17.6 Å².